The van der Waals surface area contributed by atoms with Crippen molar-refractivity contribution in [1.29, 1.82) is 0 Å². The van der Waals surface area contributed by atoms with Crippen molar-refractivity contribution >= 4 is 27.5 Å². The molecule has 2 amide bonds. The van der Waals surface area contributed by atoms with Crippen molar-refractivity contribution < 1.29 is 18.0 Å². The molecule has 0 unspecified atom stereocenters. The van der Waals surface area contributed by atoms with Gasteiger partial charge in [0.05, 0.1) is 17.1 Å². The number of sulfonamides is 1. The Morgan fingerprint density at radius 3 is 2.33 bits per heavy atom. The molecule has 3 rings (SSSR count). The van der Waals surface area contributed by atoms with E-state index in [1.54, 1.807) is 12.1 Å². The summed E-state index contributed by atoms with van der Waals surface area (Å²) in [7, 11) is -3.76. The Hall–Kier alpha value is -2.87. The van der Waals surface area contributed by atoms with Gasteiger partial charge in [0.25, 0.3) is 15.9 Å². The molecule has 0 radical (unpaired) electrons. The lowest BCUT2D eigenvalue weighted by Crippen LogP contribution is -2.37. The van der Waals surface area contributed by atoms with E-state index in [2.05, 4.69) is 15.4 Å². The highest BCUT2D eigenvalue weighted by molar-refractivity contribution is 7.92. The summed E-state index contributed by atoms with van der Waals surface area (Å²) in [5, 5.41) is 5.30. The van der Waals surface area contributed by atoms with Crippen molar-refractivity contribution in [3.8, 4) is 0 Å². The van der Waals surface area contributed by atoms with Crippen LogP contribution in [-0.2, 0) is 14.8 Å². The number of aryl methyl sites for hydroxylation is 1. The molecule has 0 bridgehead atoms. The largest absolute Gasteiger partial charge is 0.352 e. The standard InChI is InChI=1S/C19H21N3O4S/c1-13-4-2-3-5-17(13)22-27(25,26)16-10-6-14(7-11-16)19(24)20-12-18(23)21-15-8-9-15/h2-7,10-11,15,22H,8-9,12H2,1H3,(H,20,24)(H,21,23). The van der Waals surface area contributed by atoms with E-state index in [-0.39, 0.29) is 29.0 Å². The van der Waals surface area contributed by atoms with Crippen LogP contribution in [0, 0.1) is 6.92 Å². The molecule has 142 valence electrons. The molecule has 0 atom stereocenters. The Bertz CT molecular complexity index is 951. The lowest BCUT2D eigenvalue weighted by atomic mass is 10.2. The maximum absolute atomic E-state index is 12.5. The van der Waals surface area contributed by atoms with E-state index in [1.165, 1.54) is 24.3 Å². The molecule has 1 aliphatic carbocycles. The fourth-order valence-electron chi connectivity index (χ4n) is 2.45. The number of carbonyl (C=O) groups is 2. The molecule has 1 saturated carbocycles. The number of rotatable bonds is 7. The molecule has 7 nitrogen and oxygen atoms in total. The van der Waals surface area contributed by atoms with Crippen LogP contribution >= 0.6 is 0 Å². The summed E-state index contributed by atoms with van der Waals surface area (Å²) in [6, 6.07) is 12.9. The van der Waals surface area contributed by atoms with Gasteiger partial charge in [-0.3, -0.25) is 14.3 Å². The highest BCUT2D eigenvalue weighted by Crippen LogP contribution is 2.20. The zero-order chi connectivity index (χ0) is 19.4. The second kappa shape index (κ2) is 7.79. The molecular weight excluding hydrogens is 366 g/mol. The van der Waals surface area contributed by atoms with Crippen molar-refractivity contribution in [2.75, 3.05) is 11.3 Å². The minimum Gasteiger partial charge on any atom is -0.352 e. The summed E-state index contributed by atoms with van der Waals surface area (Å²) in [5.74, 6) is -0.663. The first-order valence-corrected chi connectivity index (χ1v) is 10.1. The summed E-state index contributed by atoms with van der Waals surface area (Å²) in [6.07, 6.45) is 1.96. The van der Waals surface area contributed by atoms with E-state index in [1.807, 2.05) is 19.1 Å². The van der Waals surface area contributed by atoms with Gasteiger partial charge in [0, 0.05) is 11.6 Å². The Morgan fingerprint density at radius 1 is 1.04 bits per heavy atom. The van der Waals surface area contributed by atoms with Crippen molar-refractivity contribution in [2.24, 2.45) is 0 Å². The van der Waals surface area contributed by atoms with Crippen molar-refractivity contribution in [1.82, 2.24) is 10.6 Å². The zero-order valence-electron chi connectivity index (χ0n) is 14.9. The van der Waals surface area contributed by atoms with Crippen LogP contribution in [0.2, 0.25) is 0 Å². The predicted molar refractivity (Wildman–Crippen MR) is 102 cm³/mol. The van der Waals surface area contributed by atoms with Gasteiger partial charge in [-0.25, -0.2) is 8.42 Å². The van der Waals surface area contributed by atoms with Crippen LogP contribution in [0.5, 0.6) is 0 Å². The monoisotopic (exact) mass is 387 g/mol. The van der Waals surface area contributed by atoms with Gasteiger partial charge in [0.2, 0.25) is 5.91 Å². The van der Waals surface area contributed by atoms with Crippen molar-refractivity contribution in [3.05, 3.63) is 59.7 Å². The predicted octanol–water partition coefficient (Wildman–Crippen LogP) is 1.80. The van der Waals surface area contributed by atoms with Crippen LogP contribution in [0.3, 0.4) is 0 Å². The van der Waals surface area contributed by atoms with E-state index in [0.29, 0.717) is 5.69 Å². The highest BCUT2D eigenvalue weighted by Gasteiger charge is 2.23. The fraction of sp³-hybridized carbons (Fsp3) is 0.263. The number of carbonyl (C=O) groups excluding carboxylic acids is 2. The molecule has 1 aliphatic rings. The molecule has 1 fully saturated rings. The van der Waals surface area contributed by atoms with E-state index in [4.69, 9.17) is 0 Å². The Balaban J connectivity index is 1.62. The minimum atomic E-state index is -3.76. The maximum atomic E-state index is 12.5. The summed E-state index contributed by atoms with van der Waals surface area (Å²) < 4.78 is 27.5. The third kappa shape index (κ3) is 5.07. The van der Waals surface area contributed by atoms with E-state index < -0.39 is 15.9 Å². The Kier molecular flexibility index (Phi) is 5.46. The van der Waals surface area contributed by atoms with Crippen LogP contribution < -0.4 is 15.4 Å². The average molecular weight is 387 g/mol. The first-order chi connectivity index (χ1) is 12.8. The topological polar surface area (TPSA) is 104 Å². The Labute approximate surface area is 158 Å². The van der Waals surface area contributed by atoms with Gasteiger partial charge in [-0.05, 0) is 55.7 Å². The van der Waals surface area contributed by atoms with E-state index in [0.717, 1.165) is 18.4 Å². The van der Waals surface area contributed by atoms with Gasteiger partial charge in [0.1, 0.15) is 0 Å². The van der Waals surface area contributed by atoms with Crippen LogP contribution in [-0.4, -0.2) is 32.8 Å². The van der Waals surface area contributed by atoms with Gasteiger partial charge in [0.15, 0.2) is 0 Å². The zero-order valence-corrected chi connectivity index (χ0v) is 15.7. The third-order valence-corrected chi connectivity index (χ3v) is 5.55. The summed E-state index contributed by atoms with van der Waals surface area (Å²) >= 11 is 0. The number of nitrogens with one attached hydrogen (secondary N) is 3. The third-order valence-electron chi connectivity index (χ3n) is 4.17. The van der Waals surface area contributed by atoms with Crippen molar-refractivity contribution in [2.45, 2.75) is 30.7 Å². The molecular formula is C19H21N3O4S. The van der Waals surface area contributed by atoms with Gasteiger partial charge >= 0.3 is 0 Å². The fourth-order valence-corrected chi connectivity index (χ4v) is 3.58. The molecule has 27 heavy (non-hydrogen) atoms. The molecule has 2 aromatic carbocycles. The number of hydrogen-bond acceptors (Lipinski definition) is 4. The first kappa shape index (κ1) is 18.9. The molecule has 2 aromatic rings. The quantitative estimate of drug-likeness (QED) is 0.674. The number of para-hydroxylation sites is 1. The first-order valence-electron chi connectivity index (χ1n) is 8.61. The van der Waals surface area contributed by atoms with Gasteiger partial charge in [-0.2, -0.15) is 0 Å². The minimum absolute atomic E-state index is 0.0498. The summed E-state index contributed by atoms with van der Waals surface area (Å²) in [4.78, 5) is 23.7. The van der Waals surface area contributed by atoms with Crippen LogP contribution in [0.15, 0.2) is 53.4 Å². The lowest BCUT2D eigenvalue weighted by Gasteiger charge is -2.11. The molecule has 0 aliphatic heterocycles. The number of benzene rings is 2. The van der Waals surface area contributed by atoms with Crippen LogP contribution in [0.4, 0.5) is 5.69 Å². The van der Waals surface area contributed by atoms with E-state index >= 15 is 0 Å². The average Bonchev–Trinajstić information content (AvgIpc) is 3.45. The molecule has 0 aromatic heterocycles. The highest BCUT2D eigenvalue weighted by atomic mass is 32.2. The second-order valence-electron chi connectivity index (χ2n) is 6.47. The molecule has 0 spiro atoms. The van der Waals surface area contributed by atoms with Crippen LogP contribution in [0.1, 0.15) is 28.8 Å². The molecule has 3 N–H and O–H groups in total. The van der Waals surface area contributed by atoms with Gasteiger partial charge in [-0.15, -0.1) is 0 Å². The summed E-state index contributed by atoms with van der Waals surface area (Å²) in [6.45, 7) is 1.70. The molecule has 0 heterocycles. The SMILES string of the molecule is Cc1ccccc1NS(=O)(=O)c1ccc(C(=O)NCC(=O)NC2CC2)cc1. The van der Waals surface area contributed by atoms with Gasteiger partial charge in [-0.1, -0.05) is 18.2 Å². The Morgan fingerprint density at radius 2 is 1.70 bits per heavy atom. The number of hydrogen-bond donors (Lipinski definition) is 3. The maximum Gasteiger partial charge on any atom is 0.261 e. The second-order valence-corrected chi connectivity index (χ2v) is 8.15. The number of anilines is 1. The number of amides is 2. The smallest absolute Gasteiger partial charge is 0.261 e. The summed E-state index contributed by atoms with van der Waals surface area (Å²) in [5.41, 5.74) is 1.59. The van der Waals surface area contributed by atoms with E-state index in [9.17, 15) is 18.0 Å². The van der Waals surface area contributed by atoms with Crippen molar-refractivity contribution in [3.63, 3.8) is 0 Å². The normalized spacial score (nSPS) is 13.7. The van der Waals surface area contributed by atoms with Gasteiger partial charge < -0.3 is 10.6 Å². The molecule has 0 saturated heterocycles. The lowest BCUT2D eigenvalue weighted by molar-refractivity contribution is -0.120. The molecule has 8 heteroatoms. The van der Waals surface area contributed by atoms with Crippen LogP contribution in [0.25, 0.3) is 0 Å².